The molecule has 5 heteroatoms. The van der Waals surface area contributed by atoms with Crippen LogP contribution in [0.25, 0.3) is 0 Å². The molecule has 0 radical (unpaired) electrons. The van der Waals surface area contributed by atoms with Gasteiger partial charge in [0.1, 0.15) is 0 Å². The summed E-state index contributed by atoms with van der Waals surface area (Å²) in [6.45, 7) is 4.64. The predicted octanol–water partition coefficient (Wildman–Crippen LogP) is 3.69. The zero-order chi connectivity index (χ0) is 14.3. The van der Waals surface area contributed by atoms with E-state index in [2.05, 4.69) is 5.32 Å². The minimum atomic E-state index is -4.20. The fourth-order valence-corrected chi connectivity index (χ4v) is 1.88. The Kier molecular flexibility index (Phi) is 6.31. The van der Waals surface area contributed by atoms with Gasteiger partial charge in [0.2, 0.25) is 0 Å². The number of benzene rings is 1. The number of hydrogen-bond donors (Lipinski definition) is 1. The van der Waals surface area contributed by atoms with Gasteiger partial charge in [-0.15, -0.1) is 0 Å². The van der Waals surface area contributed by atoms with Gasteiger partial charge in [-0.25, -0.2) is 0 Å². The van der Waals surface area contributed by atoms with E-state index in [1.165, 1.54) is 0 Å². The van der Waals surface area contributed by atoms with Crippen molar-refractivity contribution in [3.05, 3.63) is 35.9 Å². The number of nitrogens with one attached hydrogen (secondary N) is 1. The lowest BCUT2D eigenvalue weighted by molar-refractivity contribution is -0.141. The molecular weight excluding hydrogens is 255 g/mol. The summed E-state index contributed by atoms with van der Waals surface area (Å²) >= 11 is 0. The number of rotatable bonds is 7. The smallest absolute Gasteiger partial charge is 0.380 e. The topological polar surface area (TPSA) is 21.3 Å². The van der Waals surface area contributed by atoms with E-state index >= 15 is 0 Å². The van der Waals surface area contributed by atoms with E-state index in [1.54, 1.807) is 30.3 Å². The summed E-state index contributed by atoms with van der Waals surface area (Å²) in [7, 11) is 0. The van der Waals surface area contributed by atoms with Gasteiger partial charge in [0, 0.05) is 18.7 Å². The van der Waals surface area contributed by atoms with E-state index in [0.29, 0.717) is 18.8 Å². The first kappa shape index (κ1) is 16.0. The summed E-state index contributed by atoms with van der Waals surface area (Å²) in [5.74, 6) is 0. The van der Waals surface area contributed by atoms with Crippen molar-refractivity contribution >= 4 is 0 Å². The summed E-state index contributed by atoms with van der Waals surface area (Å²) in [6, 6.07) is 7.82. The van der Waals surface area contributed by atoms with Crippen molar-refractivity contribution in [1.29, 1.82) is 0 Å². The molecule has 0 aliphatic carbocycles. The third-order valence-corrected chi connectivity index (χ3v) is 2.70. The van der Waals surface area contributed by atoms with E-state index in [-0.39, 0.29) is 6.04 Å². The molecule has 0 saturated carbocycles. The second kappa shape index (κ2) is 7.50. The van der Waals surface area contributed by atoms with E-state index in [1.807, 2.05) is 13.8 Å². The van der Waals surface area contributed by atoms with Crippen LogP contribution in [0, 0.1) is 0 Å². The molecule has 0 amide bonds. The van der Waals surface area contributed by atoms with Crippen LogP contribution in [0.15, 0.2) is 30.3 Å². The molecule has 0 spiro atoms. The SMILES string of the molecule is CCOCC(C)NC(CC(F)(F)F)c1ccccc1. The molecule has 0 aliphatic heterocycles. The second-order valence-corrected chi connectivity index (χ2v) is 4.51. The Morgan fingerprint density at radius 3 is 2.37 bits per heavy atom. The molecule has 19 heavy (non-hydrogen) atoms. The van der Waals surface area contributed by atoms with Gasteiger partial charge in [-0.3, -0.25) is 0 Å². The quantitative estimate of drug-likeness (QED) is 0.819. The summed E-state index contributed by atoms with van der Waals surface area (Å²) in [5.41, 5.74) is 0.642. The first-order valence-corrected chi connectivity index (χ1v) is 6.38. The van der Waals surface area contributed by atoms with Crippen molar-refractivity contribution < 1.29 is 17.9 Å². The van der Waals surface area contributed by atoms with Crippen LogP contribution in [0.3, 0.4) is 0 Å². The number of ether oxygens (including phenoxy) is 1. The van der Waals surface area contributed by atoms with Gasteiger partial charge in [0.25, 0.3) is 0 Å². The van der Waals surface area contributed by atoms with Crippen molar-refractivity contribution in [2.75, 3.05) is 13.2 Å². The van der Waals surface area contributed by atoms with E-state index in [0.717, 1.165) is 0 Å². The molecule has 1 aromatic carbocycles. The molecule has 0 heterocycles. The molecule has 2 atom stereocenters. The van der Waals surface area contributed by atoms with Crippen LogP contribution in [-0.4, -0.2) is 25.4 Å². The molecule has 1 aromatic rings. The summed E-state index contributed by atoms with van der Waals surface area (Å²) in [4.78, 5) is 0. The average Bonchev–Trinajstić information content (AvgIpc) is 2.35. The molecule has 0 bridgehead atoms. The normalized spacial score (nSPS) is 15.2. The Balaban J connectivity index is 2.70. The van der Waals surface area contributed by atoms with Gasteiger partial charge in [-0.1, -0.05) is 30.3 Å². The van der Waals surface area contributed by atoms with Gasteiger partial charge >= 0.3 is 6.18 Å². The fourth-order valence-electron chi connectivity index (χ4n) is 1.88. The van der Waals surface area contributed by atoms with Crippen LogP contribution in [0.5, 0.6) is 0 Å². The maximum atomic E-state index is 12.6. The Bertz CT molecular complexity index is 353. The highest BCUT2D eigenvalue weighted by Gasteiger charge is 2.33. The molecule has 2 nitrogen and oxygen atoms in total. The van der Waals surface area contributed by atoms with E-state index in [4.69, 9.17) is 4.74 Å². The Labute approximate surface area is 112 Å². The zero-order valence-electron chi connectivity index (χ0n) is 11.2. The standard InChI is InChI=1S/C14H20F3NO/c1-3-19-10-11(2)18-13(9-14(15,16)17)12-7-5-4-6-8-12/h4-8,11,13,18H,3,9-10H2,1-2H3. The van der Waals surface area contributed by atoms with Crippen molar-refractivity contribution in [2.24, 2.45) is 0 Å². The summed E-state index contributed by atoms with van der Waals surface area (Å²) in [5, 5.41) is 2.98. The van der Waals surface area contributed by atoms with Gasteiger partial charge in [0.15, 0.2) is 0 Å². The molecular formula is C14H20F3NO. The van der Waals surface area contributed by atoms with Crippen molar-refractivity contribution in [3.8, 4) is 0 Å². The maximum absolute atomic E-state index is 12.6. The highest BCUT2D eigenvalue weighted by atomic mass is 19.4. The summed E-state index contributed by atoms with van der Waals surface area (Å²) < 4.78 is 43.1. The number of alkyl halides is 3. The Hall–Kier alpha value is -1.07. The third-order valence-electron chi connectivity index (χ3n) is 2.70. The highest BCUT2D eigenvalue weighted by Crippen LogP contribution is 2.29. The zero-order valence-corrected chi connectivity index (χ0v) is 11.2. The maximum Gasteiger partial charge on any atom is 0.390 e. The van der Waals surface area contributed by atoms with Crippen molar-refractivity contribution in [1.82, 2.24) is 5.32 Å². The van der Waals surface area contributed by atoms with Gasteiger partial charge < -0.3 is 10.1 Å². The van der Waals surface area contributed by atoms with Gasteiger partial charge in [0.05, 0.1) is 13.0 Å². The number of halogens is 3. The van der Waals surface area contributed by atoms with Crippen molar-refractivity contribution in [3.63, 3.8) is 0 Å². The Morgan fingerprint density at radius 1 is 1.21 bits per heavy atom. The minimum absolute atomic E-state index is 0.132. The van der Waals surface area contributed by atoms with Crippen molar-refractivity contribution in [2.45, 2.75) is 38.5 Å². The van der Waals surface area contributed by atoms with Gasteiger partial charge in [-0.2, -0.15) is 13.2 Å². The largest absolute Gasteiger partial charge is 0.390 e. The predicted molar refractivity (Wildman–Crippen MR) is 68.9 cm³/mol. The van der Waals surface area contributed by atoms with E-state index < -0.39 is 18.6 Å². The monoisotopic (exact) mass is 275 g/mol. The average molecular weight is 275 g/mol. The van der Waals surface area contributed by atoms with Crippen LogP contribution >= 0.6 is 0 Å². The summed E-state index contributed by atoms with van der Waals surface area (Å²) in [6.07, 6.45) is -5.08. The molecule has 0 fully saturated rings. The third kappa shape index (κ3) is 6.59. The van der Waals surface area contributed by atoms with Crippen LogP contribution in [0.1, 0.15) is 31.9 Å². The molecule has 1 N–H and O–H groups in total. The van der Waals surface area contributed by atoms with Gasteiger partial charge in [-0.05, 0) is 19.4 Å². The molecule has 0 saturated heterocycles. The van der Waals surface area contributed by atoms with Crippen LogP contribution in [0.4, 0.5) is 13.2 Å². The lowest BCUT2D eigenvalue weighted by Gasteiger charge is -2.24. The fraction of sp³-hybridized carbons (Fsp3) is 0.571. The molecule has 1 rings (SSSR count). The number of hydrogen-bond acceptors (Lipinski definition) is 2. The second-order valence-electron chi connectivity index (χ2n) is 4.51. The molecule has 108 valence electrons. The molecule has 0 aromatic heterocycles. The first-order chi connectivity index (χ1) is 8.92. The lowest BCUT2D eigenvalue weighted by Crippen LogP contribution is -2.36. The van der Waals surface area contributed by atoms with Crippen LogP contribution in [-0.2, 0) is 4.74 Å². The molecule has 2 unspecified atom stereocenters. The van der Waals surface area contributed by atoms with Crippen LogP contribution in [0.2, 0.25) is 0 Å². The highest BCUT2D eigenvalue weighted by molar-refractivity contribution is 5.19. The van der Waals surface area contributed by atoms with E-state index in [9.17, 15) is 13.2 Å². The first-order valence-electron chi connectivity index (χ1n) is 6.38. The van der Waals surface area contributed by atoms with Crippen LogP contribution < -0.4 is 5.32 Å². The Morgan fingerprint density at radius 2 is 1.84 bits per heavy atom. The molecule has 0 aliphatic rings. The minimum Gasteiger partial charge on any atom is -0.380 e. The lowest BCUT2D eigenvalue weighted by atomic mass is 10.0.